The van der Waals surface area contributed by atoms with Crippen molar-refractivity contribution in [3.63, 3.8) is 0 Å². The predicted octanol–water partition coefficient (Wildman–Crippen LogP) is 1.83. The van der Waals surface area contributed by atoms with E-state index in [0.717, 1.165) is 13.1 Å². The number of piperidine rings is 1. The molecule has 1 aliphatic rings. The molecule has 1 aliphatic heterocycles. The highest BCUT2D eigenvalue weighted by Crippen LogP contribution is 2.23. The Labute approximate surface area is 95.9 Å². The monoisotopic (exact) mass is 216 g/mol. The Morgan fingerprint density at radius 1 is 1.38 bits per heavy atom. The maximum Gasteiger partial charge on any atom is 0.226 e. The molecule has 84 valence electrons. The van der Waals surface area contributed by atoms with Crippen LogP contribution in [0.2, 0.25) is 0 Å². The summed E-state index contributed by atoms with van der Waals surface area (Å²) in [5.74, 6) is 2.02. The molecule has 1 saturated heterocycles. The molecule has 0 N–H and O–H groups in total. The number of hydrogen-bond donors (Lipinski definition) is 0. The van der Waals surface area contributed by atoms with Gasteiger partial charge in [-0.05, 0) is 24.3 Å². The van der Waals surface area contributed by atoms with Gasteiger partial charge in [-0.1, -0.05) is 13.8 Å². The lowest BCUT2D eigenvalue weighted by molar-refractivity contribution is 0.353. The van der Waals surface area contributed by atoms with Gasteiger partial charge in [0.2, 0.25) is 5.95 Å². The second-order valence-electron chi connectivity index (χ2n) is 4.70. The minimum Gasteiger partial charge on any atom is -0.340 e. The lowest BCUT2D eigenvalue weighted by Crippen LogP contribution is -2.39. The minimum absolute atomic E-state index is 0.441. The van der Waals surface area contributed by atoms with Crippen molar-refractivity contribution in [3.8, 4) is 6.07 Å². The summed E-state index contributed by atoms with van der Waals surface area (Å²) in [5.41, 5.74) is 0.441. The summed E-state index contributed by atoms with van der Waals surface area (Å²) < 4.78 is 0. The molecule has 2 heterocycles. The molecule has 0 spiro atoms. The van der Waals surface area contributed by atoms with Crippen molar-refractivity contribution in [2.24, 2.45) is 11.8 Å². The van der Waals surface area contributed by atoms with Gasteiger partial charge in [0, 0.05) is 19.3 Å². The van der Waals surface area contributed by atoms with Crippen LogP contribution < -0.4 is 4.90 Å². The molecule has 0 radical (unpaired) electrons. The Balaban J connectivity index is 2.20. The van der Waals surface area contributed by atoms with Gasteiger partial charge in [0.1, 0.15) is 11.8 Å². The summed E-state index contributed by atoms with van der Waals surface area (Å²) in [7, 11) is 0. The molecule has 0 saturated carbocycles. The van der Waals surface area contributed by atoms with Crippen molar-refractivity contribution < 1.29 is 0 Å². The molecule has 2 atom stereocenters. The van der Waals surface area contributed by atoms with Crippen LogP contribution in [0, 0.1) is 23.2 Å². The highest BCUT2D eigenvalue weighted by Gasteiger charge is 2.23. The maximum absolute atomic E-state index is 8.81. The van der Waals surface area contributed by atoms with Crippen molar-refractivity contribution in [1.82, 2.24) is 9.97 Å². The van der Waals surface area contributed by atoms with Crippen LogP contribution in [0.25, 0.3) is 0 Å². The zero-order valence-electron chi connectivity index (χ0n) is 9.72. The number of hydrogen-bond acceptors (Lipinski definition) is 4. The van der Waals surface area contributed by atoms with Crippen molar-refractivity contribution in [3.05, 3.63) is 18.0 Å². The lowest BCUT2D eigenvalue weighted by Gasteiger charge is -2.34. The maximum atomic E-state index is 8.81. The molecule has 16 heavy (non-hydrogen) atoms. The van der Waals surface area contributed by atoms with E-state index in [2.05, 4.69) is 34.8 Å². The van der Waals surface area contributed by atoms with E-state index in [9.17, 15) is 0 Å². The van der Waals surface area contributed by atoms with Gasteiger partial charge in [0.25, 0.3) is 0 Å². The Morgan fingerprint density at radius 2 is 2.06 bits per heavy atom. The zero-order chi connectivity index (χ0) is 11.5. The first-order chi connectivity index (χ1) is 7.69. The van der Waals surface area contributed by atoms with Gasteiger partial charge in [0.05, 0.1) is 0 Å². The van der Waals surface area contributed by atoms with Crippen molar-refractivity contribution in [2.45, 2.75) is 20.3 Å². The summed E-state index contributed by atoms with van der Waals surface area (Å²) in [5, 5.41) is 8.81. The third kappa shape index (κ3) is 2.30. The summed E-state index contributed by atoms with van der Waals surface area (Å²) in [6.07, 6.45) is 2.92. The summed E-state index contributed by atoms with van der Waals surface area (Å²) >= 11 is 0. The topological polar surface area (TPSA) is 52.8 Å². The Hall–Kier alpha value is -1.63. The molecular weight excluding hydrogens is 200 g/mol. The second kappa shape index (κ2) is 4.48. The number of nitrogens with zero attached hydrogens (tertiary/aromatic N) is 4. The Morgan fingerprint density at radius 3 is 2.69 bits per heavy atom. The molecule has 0 aromatic carbocycles. The average molecular weight is 216 g/mol. The van der Waals surface area contributed by atoms with Crippen LogP contribution in [-0.2, 0) is 0 Å². The molecule has 0 aliphatic carbocycles. The molecule has 2 unspecified atom stereocenters. The third-order valence-electron chi connectivity index (χ3n) is 2.91. The van der Waals surface area contributed by atoms with Gasteiger partial charge >= 0.3 is 0 Å². The van der Waals surface area contributed by atoms with Crippen LogP contribution >= 0.6 is 0 Å². The van der Waals surface area contributed by atoms with Crippen LogP contribution in [0.4, 0.5) is 5.95 Å². The zero-order valence-corrected chi connectivity index (χ0v) is 9.72. The molecule has 1 fully saturated rings. The van der Waals surface area contributed by atoms with Crippen LogP contribution in [0.3, 0.4) is 0 Å². The quantitative estimate of drug-likeness (QED) is 0.718. The fourth-order valence-corrected chi connectivity index (χ4v) is 2.39. The van der Waals surface area contributed by atoms with E-state index in [0.29, 0.717) is 23.5 Å². The van der Waals surface area contributed by atoms with Crippen LogP contribution in [0.1, 0.15) is 26.0 Å². The summed E-state index contributed by atoms with van der Waals surface area (Å²) in [6, 6.07) is 3.69. The highest BCUT2D eigenvalue weighted by atomic mass is 15.3. The van der Waals surface area contributed by atoms with Crippen molar-refractivity contribution in [1.29, 1.82) is 5.26 Å². The van der Waals surface area contributed by atoms with Crippen LogP contribution in [0.5, 0.6) is 0 Å². The SMILES string of the molecule is CC1CC(C)CN(c2nccc(C#N)n2)C1. The largest absolute Gasteiger partial charge is 0.340 e. The van der Waals surface area contributed by atoms with Gasteiger partial charge < -0.3 is 4.90 Å². The van der Waals surface area contributed by atoms with Crippen molar-refractivity contribution >= 4 is 5.95 Å². The Bertz CT molecular complexity index is 400. The van der Waals surface area contributed by atoms with Gasteiger partial charge in [0.15, 0.2) is 0 Å². The molecule has 4 nitrogen and oxygen atoms in total. The van der Waals surface area contributed by atoms with Gasteiger partial charge in [-0.15, -0.1) is 0 Å². The number of aromatic nitrogens is 2. The van der Waals surface area contributed by atoms with E-state index in [1.165, 1.54) is 6.42 Å². The molecule has 1 aromatic rings. The number of rotatable bonds is 1. The van der Waals surface area contributed by atoms with Crippen LogP contribution in [-0.4, -0.2) is 23.1 Å². The lowest BCUT2D eigenvalue weighted by atomic mass is 9.92. The van der Waals surface area contributed by atoms with Gasteiger partial charge in [-0.25, -0.2) is 9.97 Å². The minimum atomic E-state index is 0.441. The predicted molar refractivity (Wildman–Crippen MR) is 61.9 cm³/mol. The van der Waals surface area contributed by atoms with E-state index in [1.54, 1.807) is 12.3 Å². The van der Waals surface area contributed by atoms with Gasteiger partial charge in [-0.2, -0.15) is 5.26 Å². The first kappa shape index (κ1) is 10.9. The second-order valence-corrected chi connectivity index (χ2v) is 4.70. The highest BCUT2D eigenvalue weighted by molar-refractivity contribution is 5.34. The fourth-order valence-electron chi connectivity index (χ4n) is 2.39. The smallest absolute Gasteiger partial charge is 0.226 e. The molecule has 2 rings (SSSR count). The molecule has 4 heteroatoms. The molecular formula is C12H16N4. The Kier molecular flexibility index (Phi) is 3.04. The van der Waals surface area contributed by atoms with E-state index in [4.69, 9.17) is 5.26 Å². The first-order valence-corrected chi connectivity index (χ1v) is 5.67. The summed E-state index contributed by atoms with van der Waals surface area (Å²) in [6.45, 7) is 6.46. The summed E-state index contributed by atoms with van der Waals surface area (Å²) in [4.78, 5) is 10.7. The van der Waals surface area contributed by atoms with E-state index >= 15 is 0 Å². The van der Waals surface area contributed by atoms with E-state index < -0.39 is 0 Å². The number of anilines is 1. The fraction of sp³-hybridized carbons (Fsp3) is 0.583. The third-order valence-corrected chi connectivity index (χ3v) is 2.91. The first-order valence-electron chi connectivity index (χ1n) is 5.67. The van der Waals surface area contributed by atoms with Gasteiger partial charge in [-0.3, -0.25) is 0 Å². The van der Waals surface area contributed by atoms with E-state index in [-0.39, 0.29) is 0 Å². The normalized spacial score (nSPS) is 25.2. The molecule has 0 amide bonds. The van der Waals surface area contributed by atoms with Crippen LogP contribution in [0.15, 0.2) is 12.3 Å². The molecule has 0 bridgehead atoms. The standard InChI is InChI=1S/C12H16N4/c1-9-5-10(2)8-16(7-9)12-14-4-3-11(6-13)15-12/h3-4,9-10H,5,7-8H2,1-2H3. The van der Waals surface area contributed by atoms with E-state index in [1.807, 2.05) is 0 Å². The number of nitriles is 1. The van der Waals surface area contributed by atoms with Crippen molar-refractivity contribution in [2.75, 3.05) is 18.0 Å². The average Bonchev–Trinajstić information content (AvgIpc) is 2.28. The molecule has 1 aromatic heterocycles.